The Morgan fingerprint density at radius 1 is 0.549 bits per heavy atom. The fraction of sp³-hybridized carbons (Fsp3) is 0.283. The molecule has 3 aromatic heterocycles. The van der Waals surface area contributed by atoms with Gasteiger partial charge in [-0.3, -0.25) is 9.97 Å². The first kappa shape index (κ1) is 34.2. The van der Waals surface area contributed by atoms with E-state index in [2.05, 4.69) is 145 Å². The van der Waals surface area contributed by atoms with Gasteiger partial charge >= 0.3 is 0 Å². The van der Waals surface area contributed by atoms with Crippen molar-refractivity contribution in [1.82, 2.24) is 19.5 Å². The summed E-state index contributed by atoms with van der Waals surface area (Å²) in [6, 6.07) is 30.1. The Morgan fingerprint density at radius 3 is 1.90 bits per heavy atom. The van der Waals surface area contributed by atoms with E-state index in [0.717, 1.165) is 72.3 Å². The maximum Gasteiger partial charge on any atom is 0.144 e. The number of aromatic nitrogens is 4. The molecular weight excluding hydrogens is 625 g/mol. The Hall–Kier alpha value is -5.29. The molecule has 51 heavy (non-hydrogen) atoms. The normalized spacial score (nSPS) is 12.6. The third-order valence-electron chi connectivity index (χ3n) is 10.1. The Kier molecular flexibility index (Phi) is 8.17. The average molecular weight is 673 g/mol. The smallest absolute Gasteiger partial charge is 0.144 e. The number of aryl methyl sites for hydroxylation is 1. The van der Waals surface area contributed by atoms with Crippen LogP contribution in [0.4, 0.5) is 0 Å². The summed E-state index contributed by atoms with van der Waals surface area (Å²) in [7, 11) is 2.03. The summed E-state index contributed by atoms with van der Waals surface area (Å²) in [5.74, 6) is 0.964. The SMILES string of the molecule is Cn1c(-c2cc(C(C)(C)C)ccc2O)nc2c(-c3cc(-c4cc(-c5ccncc5)cc5c(C(C)(C)C)ccnc45)cc(C(C)(C)C)c3)cccc21. The number of rotatable bonds is 4. The Labute approximate surface area is 302 Å². The van der Waals surface area contributed by atoms with Crippen molar-refractivity contribution in [3.63, 3.8) is 0 Å². The molecule has 7 aromatic rings. The number of para-hydroxylation sites is 1. The van der Waals surface area contributed by atoms with Gasteiger partial charge in [0.25, 0.3) is 0 Å². The van der Waals surface area contributed by atoms with E-state index in [1.807, 2.05) is 31.7 Å². The summed E-state index contributed by atoms with van der Waals surface area (Å²) in [5.41, 5.74) is 13.6. The molecule has 0 unspecified atom stereocenters. The van der Waals surface area contributed by atoms with E-state index in [4.69, 9.17) is 9.97 Å². The quantitative estimate of drug-likeness (QED) is 0.202. The van der Waals surface area contributed by atoms with Crippen LogP contribution < -0.4 is 0 Å². The summed E-state index contributed by atoms with van der Waals surface area (Å²) in [6.45, 7) is 20.1. The molecule has 5 nitrogen and oxygen atoms in total. The Bertz CT molecular complexity index is 2430. The lowest BCUT2D eigenvalue weighted by Gasteiger charge is -2.24. The molecule has 0 aliphatic rings. The zero-order chi connectivity index (χ0) is 36.5. The van der Waals surface area contributed by atoms with Gasteiger partial charge in [-0.05, 0) is 110 Å². The van der Waals surface area contributed by atoms with Crippen LogP contribution in [0.25, 0.3) is 66.7 Å². The molecule has 5 heteroatoms. The van der Waals surface area contributed by atoms with Crippen LogP contribution in [0.1, 0.15) is 79.0 Å². The van der Waals surface area contributed by atoms with Gasteiger partial charge in [0.1, 0.15) is 11.6 Å². The first-order chi connectivity index (χ1) is 24.0. The molecule has 0 radical (unpaired) electrons. The van der Waals surface area contributed by atoms with Gasteiger partial charge in [-0.2, -0.15) is 0 Å². The van der Waals surface area contributed by atoms with Gasteiger partial charge in [-0.15, -0.1) is 0 Å². The number of phenolic OH excluding ortho intramolecular Hbond substituents is 1. The summed E-state index contributed by atoms with van der Waals surface area (Å²) in [6.07, 6.45) is 5.66. The van der Waals surface area contributed by atoms with E-state index in [9.17, 15) is 5.11 Å². The molecule has 0 saturated heterocycles. The first-order valence-electron chi connectivity index (χ1n) is 17.8. The monoisotopic (exact) mass is 672 g/mol. The number of nitrogens with zero attached hydrogens (tertiary/aromatic N) is 4. The number of imidazole rings is 1. The number of aromatic hydroxyl groups is 1. The second-order valence-corrected chi connectivity index (χ2v) is 17.0. The van der Waals surface area contributed by atoms with E-state index in [-0.39, 0.29) is 22.0 Å². The van der Waals surface area contributed by atoms with Crippen LogP contribution in [0.3, 0.4) is 0 Å². The van der Waals surface area contributed by atoms with Crippen LogP contribution in [-0.2, 0) is 23.3 Å². The van der Waals surface area contributed by atoms with Crippen molar-refractivity contribution in [2.45, 2.75) is 78.6 Å². The van der Waals surface area contributed by atoms with Crippen molar-refractivity contribution in [2.24, 2.45) is 7.05 Å². The average Bonchev–Trinajstić information content (AvgIpc) is 3.42. The molecular formula is C46H48N4O. The first-order valence-corrected chi connectivity index (χ1v) is 17.8. The number of hydrogen-bond acceptors (Lipinski definition) is 4. The van der Waals surface area contributed by atoms with Crippen LogP contribution in [0.15, 0.2) is 104 Å². The van der Waals surface area contributed by atoms with Crippen LogP contribution >= 0.6 is 0 Å². The lowest BCUT2D eigenvalue weighted by molar-refractivity contribution is 0.475. The number of hydrogen-bond donors (Lipinski definition) is 1. The second-order valence-electron chi connectivity index (χ2n) is 17.0. The second kappa shape index (κ2) is 12.2. The summed E-state index contributed by atoms with van der Waals surface area (Å²) >= 11 is 0. The highest BCUT2D eigenvalue weighted by molar-refractivity contribution is 6.01. The lowest BCUT2D eigenvalue weighted by atomic mass is 9.81. The van der Waals surface area contributed by atoms with Crippen molar-refractivity contribution < 1.29 is 5.11 Å². The van der Waals surface area contributed by atoms with Gasteiger partial charge in [-0.25, -0.2) is 4.98 Å². The predicted octanol–water partition coefficient (Wildman–Crippen LogP) is 11.8. The van der Waals surface area contributed by atoms with Crippen molar-refractivity contribution in [3.8, 4) is 50.5 Å². The van der Waals surface area contributed by atoms with E-state index in [0.29, 0.717) is 0 Å². The minimum absolute atomic E-state index is 0.0661. The lowest BCUT2D eigenvalue weighted by Crippen LogP contribution is -2.12. The van der Waals surface area contributed by atoms with Gasteiger partial charge in [0, 0.05) is 42.2 Å². The minimum atomic E-state index is -0.115. The van der Waals surface area contributed by atoms with Crippen LogP contribution in [-0.4, -0.2) is 24.6 Å². The summed E-state index contributed by atoms with van der Waals surface area (Å²) in [4.78, 5) is 14.6. The molecule has 0 bridgehead atoms. The Balaban J connectivity index is 1.50. The fourth-order valence-corrected chi connectivity index (χ4v) is 7.08. The molecule has 3 heterocycles. The van der Waals surface area contributed by atoms with Crippen molar-refractivity contribution in [3.05, 3.63) is 120 Å². The number of benzene rings is 4. The zero-order valence-electron chi connectivity index (χ0n) is 31.6. The highest BCUT2D eigenvalue weighted by atomic mass is 16.3. The predicted molar refractivity (Wildman–Crippen MR) is 213 cm³/mol. The minimum Gasteiger partial charge on any atom is -0.507 e. The van der Waals surface area contributed by atoms with Crippen molar-refractivity contribution >= 4 is 21.9 Å². The summed E-state index contributed by atoms with van der Waals surface area (Å²) in [5, 5.41) is 12.2. The molecule has 0 aliphatic heterocycles. The third kappa shape index (κ3) is 6.31. The maximum absolute atomic E-state index is 11.1. The van der Waals surface area contributed by atoms with Crippen LogP contribution in [0, 0.1) is 0 Å². The van der Waals surface area contributed by atoms with E-state index < -0.39 is 0 Å². The van der Waals surface area contributed by atoms with Crippen molar-refractivity contribution in [2.75, 3.05) is 0 Å². The molecule has 7 rings (SSSR count). The van der Waals surface area contributed by atoms with Gasteiger partial charge in [-0.1, -0.05) is 92.6 Å². The van der Waals surface area contributed by atoms with Gasteiger partial charge < -0.3 is 9.67 Å². The molecule has 258 valence electrons. The molecule has 4 aromatic carbocycles. The number of phenols is 1. The van der Waals surface area contributed by atoms with Gasteiger partial charge in [0.2, 0.25) is 0 Å². The summed E-state index contributed by atoms with van der Waals surface area (Å²) < 4.78 is 2.10. The van der Waals surface area contributed by atoms with E-state index in [1.165, 1.54) is 11.1 Å². The van der Waals surface area contributed by atoms with E-state index in [1.54, 1.807) is 6.07 Å². The molecule has 0 aliphatic carbocycles. The van der Waals surface area contributed by atoms with Gasteiger partial charge in [0.15, 0.2) is 0 Å². The highest BCUT2D eigenvalue weighted by Gasteiger charge is 2.24. The maximum atomic E-state index is 11.1. The number of pyridine rings is 2. The number of fused-ring (bicyclic) bond motifs is 2. The standard InChI is InChI=1S/C46H48N4O/c1-44(2,3)32-14-15-40(51)37(27-32)43-49-42-34(12-11-13-39(42)50(43)10)30-22-31(24-33(23-30)45(4,5)6)35-25-29(28-16-19-47-20-17-28)26-36-38(46(7,8)9)18-21-48-41(35)36/h11-27,51H,1-10H3. The van der Waals surface area contributed by atoms with Crippen LogP contribution in [0.5, 0.6) is 5.75 Å². The zero-order valence-corrected chi connectivity index (χ0v) is 31.6. The topological polar surface area (TPSA) is 63.8 Å². The van der Waals surface area contributed by atoms with Crippen molar-refractivity contribution in [1.29, 1.82) is 0 Å². The van der Waals surface area contributed by atoms with E-state index >= 15 is 0 Å². The third-order valence-corrected chi connectivity index (χ3v) is 10.1. The molecule has 1 N–H and O–H groups in total. The Morgan fingerprint density at radius 2 is 1.24 bits per heavy atom. The highest BCUT2D eigenvalue weighted by Crippen LogP contribution is 2.42. The largest absolute Gasteiger partial charge is 0.507 e. The molecule has 0 spiro atoms. The van der Waals surface area contributed by atoms with Gasteiger partial charge in [0.05, 0.1) is 22.1 Å². The molecule has 0 fully saturated rings. The fourth-order valence-electron chi connectivity index (χ4n) is 7.08. The van der Waals surface area contributed by atoms with Crippen LogP contribution in [0.2, 0.25) is 0 Å². The molecule has 0 saturated carbocycles. The molecule has 0 atom stereocenters. The molecule has 0 amide bonds.